The van der Waals surface area contributed by atoms with E-state index in [9.17, 15) is 24.6 Å². The van der Waals surface area contributed by atoms with Crippen molar-refractivity contribution < 1.29 is 34.1 Å². The molecule has 0 aromatic heterocycles. The van der Waals surface area contributed by atoms with Crippen LogP contribution < -0.4 is 0 Å². The summed E-state index contributed by atoms with van der Waals surface area (Å²) < 4.78 is 11.4. The van der Waals surface area contributed by atoms with Crippen LogP contribution in [0.1, 0.15) is 53.9 Å². The van der Waals surface area contributed by atoms with E-state index in [1.807, 2.05) is 19.9 Å². The highest BCUT2D eigenvalue weighted by molar-refractivity contribution is 6.06. The highest BCUT2D eigenvalue weighted by Gasteiger charge is 2.87. The molecule has 7 heteroatoms. The van der Waals surface area contributed by atoms with Gasteiger partial charge in [-0.05, 0) is 63.5 Å². The number of ketones is 2. The van der Waals surface area contributed by atoms with Gasteiger partial charge in [-0.15, -0.1) is 0 Å². The number of epoxide rings is 1. The van der Waals surface area contributed by atoms with Gasteiger partial charge >= 0.3 is 5.97 Å². The molecule has 0 amide bonds. The summed E-state index contributed by atoms with van der Waals surface area (Å²) in [5.41, 5.74) is -2.93. The molecule has 0 radical (unpaired) electrons. The SMILES string of the molecule is CC1(C)C(=O)C=C[C@]2(C)C1=C(O)C(=O)[C@]1(C)[C@@H]2CC[C@@]2(C)[C@H](C3=CC(=O)O[C@H]3O)C[C@H]3O[C@]321. The first-order valence-electron chi connectivity index (χ1n) is 11.8. The average Bonchev–Trinajstić information content (AvgIpc) is 3.28. The molecule has 3 fully saturated rings. The van der Waals surface area contributed by atoms with Crippen LogP contribution in [0.25, 0.3) is 0 Å². The first kappa shape index (κ1) is 21.3. The molecule has 0 aromatic carbocycles. The monoisotopic (exact) mass is 454 g/mol. The van der Waals surface area contributed by atoms with Crippen LogP contribution in [0.5, 0.6) is 0 Å². The molecule has 0 bridgehead atoms. The summed E-state index contributed by atoms with van der Waals surface area (Å²) in [5, 5.41) is 21.7. The van der Waals surface area contributed by atoms with Crippen LogP contribution in [0, 0.1) is 33.5 Å². The lowest BCUT2D eigenvalue weighted by atomic mass is 9.39. The maximum absolute atomic E-state index is 14.1. The Morgan fingerprint density at radius 2 is 1.79 bits per heavy atom. The molecule has 2 aliphatic heterocycles. The van der Waals surface area contributed by atoms with E-state index in [0.717, 1.165) is 6.42 Å². The molecule has 8 atom stereocenters. The van der Waals surface area contributed by atoms with Crippen molar-refractivity contribution in [3.63, 3.8) is 0 Å². The number of aliphatic hydroxyl groups is 2. The predicted octanol–water partition coefficient (Wildman–Crippen LogP) is 2.93. The van der Waals surface area contributed by atoms with Crippen LogP contribution in [0.3, 0.4) is 0 Å². The molecule has 1 spiro atoms. The summed E-state index contributed by atoms with van der Waals surface area (Å²) >= 11 is 0. The quantitative estimate of drug-likeness (QED) is 0.463. The van der Waals surface area contributed by atoms with E-state index < -0.39 is 39.5 Å². The third kappa shape index (κ3) is 2.01. The predicted molar refractivity (Wildman–Crippen MR) is 116 cm³/mol. The fraction of sp³-hybridized carbons (Fsp3) is 0.654. The van der Waals surface area contributed by atoms with Gasteiger partial charge in [-0.3, -0.25) is 9.59 Å². The van der Waals surface area contributed by atoms with Gasteiger partial charge in [-0.2, -0.15) is 0 Å². The van der Waals surface area contributed by atoms with E-state index >= 15 is 0 Å². The number of hydrogen-bond donors (Lipinski definition) is 2. The minimum Gasteiger partial charge on any atom is -0.504 e. The van der Waals surface area contributed by atoms with Gasteiger partial charge in [0.05, 0.1) is 16.9 Å². The second-order valence-corrected chi connectivity index (χ2v) is 11.9. The zero-order valence-electron chi connectivity index (χ0n) is 19.6. The largest absolute Gasteiger partial charge is 0.504 e. The summed E-state index contributed by atoms with van der Waals surface area (Å²) in [6.07, 6.45) is 5.37. The molecular formula is C26H30O7. The zero-order valence-corrected chi connectivity index (χ0v) is 19.6. The second-order valence-electron chi connectivity index (χ2n) is 11.9. The van der Waals surface area contributed by atoms with Crippen molar-refractivity contribution in [3.05, 3.63) is 35.1 Å². The first-order valence-corrected chi connectivity index (χ1v) is 11.8. The lowest BCUT2D eigenvalue weighted by Gasteiger charge is -2.62. The Morgan fingerprint density at radius 1 is 1.09 bits per heavy atom. The Hall–Kier alpha value is -2.25. The molecule has 1 saturated heterocycles. The number of allylic oxidation sites excluding steroid dienone is 4. The lowest BCUT2D eigenvalue weighted by molar-refractivity contribution is -0.166. The Morgan fingerprint density at radius 3 is 2.42 bits per heavy atom. The number of esters is 1. The Labute approximate surface area is 192 Å². The molecular weight excluding hydrogens is 424 g/mol. The highest BCUT2D eigenvalue weighted by atomic mass is 16.6. The van der Waals surface area contributed by atoms with Gasteiger partial charge in [0.15, 0.2) is 11.5 Å². The van der Waals surface area contributed by atoms with Gasteiger partial charge in [0, 0.05) is 22.5 Å². The van der Waals surface area contributed by atoms with E-state index in [-0.39, 0.29) is 35.3 Å². The van der Waals surface area contributed by atoms with Gasteiger partial charge < -0.3 is 19.7 Å². The fourth-order valence-corrected chi connectivity index (χ4v) is 9.00. The molecule has 2 saturated carbocycles. The van der Waals surface area contributed by atoms with Crippen molar-refractivity contribution in [3.8, 4) is 0 Å². The number of carbonyl (C=O) groups excluding carboxylic acids is 3. The maximum atomic E-state index is 14.1. The summed E-state index contributed by atoms with van der Waals surface area (Å²) in [6, 6.07) is 0. The summed E-state index contributed by atoms with van der Waals surface area (Å²) in [5.74, 6) is -1.67. The molecule has 33 heavy (non-hydrogen) atoms. The molecule has 0 aromatic rings. The van der Waals surface area contributed by atoms with Crippen molar-refractivity contribution in [1.29, 1.82) is 0 Å². The van der Waals surface area contributed by atoms with Crippen molar-refractivity contribution in [2.24, 2.45) is 33.5 Å². The van der Waals surface area contributed by atoms with Crippen molar-refractivity contribution in [2.45, 2.75) is 71.9 Å². The molecule has 0 unspecified atom stereocenters. The van der Waals surface area contributed by atoms with Crippen LogP contribution in [-0.2, 0) is 23.9 Å². The van der Waals surface area contributed by atoms with Crippen LogP contribution in [0.2, 0.25) is 0 Å². The van der Waals surface area contributed by atoms with Crippen LogP contribution in [-0.4, -0.2) is 45.7 Å². The fourth-order valence-electron chi connectivity index (χ4n) is 9.00. The van der Waals surface area contributed by atoms with Crippen LogP contribution in [0.4, 0.5) is 0 Å². The molecule has 6 aliphatic rings. The van der Waals surface area contributed by atoms with Crippen LogP contribution in [0.15, 0.2) is 35.1 Å². The normalized spacial score (nSPS) is 51.5. The molecule has 2 N–H and O–H groups in total. The minimum atomic E-state index is -1.27. The number of carbonyl (C=O) groups is 3. The van der Waals surface area contributed by atoms with Gasteiger partial charge in [0.25, 0.3) is 0 Å². The minimum absolute atomic E-state index is 0.120. The second kappa shape index (κ2) is 5.69. The van der Waals surface area contributed by atoms with Gasteiger partial charge in [-0.1, -0.05) is 19.9 Å². The summed E-state index contributed by atoms with van der Waals surface area (Å²) in [7, 11) is 0. The Bertz CT molecular complexity index is 1140. The molecule has 4 aliphatic carbocycles. The lowest BCUT2D eigenvalue weighted by Crippen LogP contribution is -2.66. The number of aliphatic hydroxyl groups excluding tert-OH is 2. The zero-order chi connectivity index (χ0) is 23.9. The third-order valence-corrected chi connectivity index (χ3v) is 10.4. The average molecular weight is 455 g/mol. The Balaban J connectivity index is 1.53. The smallest absolute Gasteiger partial charge is 0.333 e. The number of cyclic esters (lactones) is 1. The van der Waals surface area contributed by atoms with E-state index in [1.165, 1.54) is 6.08 Å². The molecule has 6 rings (SSSR count). The standard InChI is InChI=1S/C26H30O7/c1-22(2)15(27)7-8-23(3)14-6-9-24(4)13(12-10-17(28)32-21(12)31)11-16-26(24,33-16)25(14,5)20(30)18(29)19(22)23/h7-8,10,13-14,16,21,29,31H,6,9,11H2,1-5H3/t13-,14+,16+,21+,23-,24-,25-,26+/m0/s1. The van der Waals surface area contributed by atoms with E-state index in [2.05, 4.69) is 6.92 Å². The van der Waals surface area contributed by atoms with E-state index in [1.54, 1.807) is 19.9 Å². The van der Waals surface area contributed by atoms with Crippen molar-refractivity contribution >= 4 is 17.5 Å². The number of ether oxygens (including phenoxy) is 2. The topological polar surface area (TPSA) is 113 Å². The third-order valence-electron chi connectivity index (χ3n) is 10.4. The van der Waals surface area contributed by atoms with E-state index in [4.69, 9.17) is 9.47 Å². The first-order chi connectivity index (χ1) is 15.3. The van der Waals surface area contributed by atoms with Crippen LogP contribution >= 0.6 is 0 Å². The van der Waals surface area contributed by atoms with Gasteiger partial charge in [0.2, 0.25) is 12.1 Å². The number of hydrogen-bond acceptors (Lipinski definition) is 7. The molecule has 2 heterocycles. The summed E-state index contributed by atoms with van der Waals surface area (Å²) in [4.78, 5) is 38.6. The van der Waals surface area contributed by atoms with Gasteiger partial charge in [-0.25, -0.2) is 4.79 Å². The molecule has 7 nitrogen and oxygen atoms in total. The van der Waals surface area contributed by atoms with Gasteiger partial charge in [0.1, 0.15) is 5.60 Å². The summed E-state index contributed by atoms with van der Waals surface area (Å²) in [6.45, 7) is 9.57. The maximum Gasteiger partial charge on any atom is 0.333 e. The van der Waals surface area contributed by atoms with E-state index in [0.29, 0.717) is 24.0 Å². The highest BCUT2D eigenvalue weighted by Crippen LogP contribution is 2.80. The van der Waals surface area contributed by atoms with Crippen molar-refractivity contribution in [2.75, 3.05) is 0 Å². The Kier molecular flexibility index (Phi) is 3.67. The number of Topliss-reactive ketones (excluding diaryl/α,β-unsaturated/α-hetero) is 1. The van der Waals surface area contributed by atoms with Crippen molar-refractivity contribution in [1.82, 2.24) is 0 Å². The number of rotatable bonds is 1. The number of fused-ring (bicyclic) bond motifs is 3. The molecule has 176 valence electrons.